The molecular formula is C21H22F5N5O2. The van der Waals surface area contributed by atoms with E-state index in [9.17, 15) is 32.2 Å². The van der Waals surface area contributed by atoms with Crippen molar-refractivity contribution >= 4 is 11.6 Å². The molecule has 2 aromatic heterocycles. The second kappa shape index (κ2) is 10.2. The van der Waals surface area contributed by atoms with Crippen molar-refractivity contribution < 1.29 is 32.2 Å². The Labute approximate surface area is 186 Å². The van der Waals surface area contributed by atoms with Crippen LogP contribution in [-0.4, -0.2) is 62.1 Å². The van der Waals surface area contributed by atoms with E-state index in [1.165, 1.54) is 15.8 Å². The Morgan fingerprint density at radius 3 is 2.45 bits per heavy atom. The van der Waals surface area contributed by atoms with Gasteiger partial charge in [0, 0.05) is 23.6 Å². The Bertz CT molecular complexity index is 1080. The van der Waals surface area contributed by atoms with Crippen molar-refractivity contribution in [1.82, 2.24) is 19.7 Å². The highest BCUT2D eigenvalue weighted by Crippen LogP contribution is 2.32. The number of nitrogens with zero attached hydrogens (tertiary/aromatic N) is 5. The van der Waals surface area contributed by atoms with Crippen molar-refractivity contribution in [2.24, 2.45) is 0 Å². The van der Waals surface area contributed by atoms with Crippen molar-refractivity contribution in [1.29, 1.82) is 0 Å². The molecule has 0 amide bonds. The lowest BCUT2D eigenvalue weighted by Crippen LogP contribution is -2.31. The minimum absolute atomic E-state index is 0.0535. The molecule has 0 aliphatic carbocycles. The monoisotopic (exact) mass is 471 g/mol. The molecule has 0 saturated carbocycles. The van der Waals surface area contributed by atoms with E-state index in [1.807, 2.05) is 0 Å². The Morgan fingerprint density at radius 2 is 1.79 bits per heavy atom. The van der Waals surface area contributed by atoms with Crippen molar-refractivity contribution in [3.63, 3.8) is 0 Å². The van der Waals surface area contributed by atoms with E-state index in [-0.39, 0.29) is 19.0 Å². The number of alkyl halides is 5. The van der Waals surface area contributed by atoms with Gasteiger partial charge in [0.15, 0.2) is 0 Å². The highest BCUT2D eigenvalue weighted by atomic mass is 19.4. The first-order valence-electron chi connectivity index (χ1n) is 9.91. The van der Waals surface area contributed by atoms with Crippen molar-refractivity contribution in [3.8, 4) is 11.1 Å². The van der Waals surface area contributed by atoms with Crippen LogP contribution < -0.4 is 4.90 Å². The summed E-state index contributed by atoms with van der Waals surface area (Å²) in [6.45, 7) is -0.726. The normalized spacial score (nSPS) is 13.7. The molecular weight excluding hydrogens is 449 g/mol. The van der Waals surface area contributed by atoms with Gasteiger partial charge in [0.25, 0.3) is 0 Å². The van der Waals surface area contributed by atoms with Gasteiger partial charge in [-0.05, 0) is 36.2 Å². The standard InChI is InChI=1S/C21H22F5N5O2/c1-13-4-14(15-9-28-30(10-15)11-17(32)7-22)6-16(5-13)31(12-18(33)8-23)20-27-3-2-19(29-20)21(24,25)26/h2-6,9-10,17-18,32-33H,7-8,11-12H2,1H3. The van der Waals surface area contributed by atoms with Crippen LogP contribution in [0.3, 0.4) is 0 Å². The van der Waals surface area contributed by atoms with E-state index in [1.54, 1.807) is 31.3 Å². The summed E-state index contributed by atoms with van der Waals surface area (Å²) in [5.74, 6) is -0.351. The number of halogens is 5. The number of aliphatic hydroxyl groups is 2. The summed E-state index contributed by atoms with van der Waals surface area (Å²) in [6.07, 6.45) is -3.39. The third-order valence-electron chi connectivity index (χ3n) is 4.66. The minimum atomic E-state index is -4.71. The summed E-state index contributed by atoms with van der Waals surface area (Å²) < 4.78 is 66.5. The van der Waals surface area contributed by atoms with E-state index in [0.717, 1.165) is 12.3 Å². The second-order valence-electron chi connectivity index (χ2n) is 7.47. The first-order chi connectivity index (χ1) is 15.6. The van der Waals surface area contributed by atoms with Crippen LogP contribution in [0.2, 0.25) is 0 Å². The zero-order chi connectivity index (χ0) is 24.2. The topological polar surface area (TPSA) is 87.3 Å². The van der Waals surface area contributed by atoms with Crippen LogP contribution in [0.25, 0.3) is 11.1 Å². The zero-order valence-electron chi connectivity index (χ0n) is 17.5. The van der Waals surface area contributed by atoms with Crippen molar-refractivity contribution in [3.05, 3.63) is 54.1 Å². The van der Waals surface area contributed by atoms with E-state index in [2.05, 4.69) is 15.1 Å². The molecule has 0 fully saturated rings. The van der Waals surface area contributed by atoms with Gasteiger partial charge in [-0.15, -0.1) is 0 Å². The fourth-order valence-electron chi connectivity index (χ4n) is 3.16. The molecule has 0 saturated heterocycles. The fourth-order valence-corrected chi connectivity index (χ4v) is 3.16. The van der Waals surface area contributed by atoms with Gasteiger partial charge in [-0.25, -0.2) is 18.7 Å². The van der Waals surface area contributed by atoms with Gasteiger partial charge < -0.3 is 15.1 Å². The number of hydrogen-bond acceptors (Lipinski definition) is 6. The Balaban J connectivity index is 2.02. The molecule has 1 aromatic carbocycles. The fraction of sp³-hybridized carbons (Fsp3) is 0.381. The quantitative estimate of drug-likeness (QED) is 0.465. The Hall–Kier alpha value is -3.12. The molecule has 2 heterocycles. The molecule has 33 heavy (non-hydrogen) atoms. The third kappa shape index (κ3) is 6.23. The average molecular weight is 471 g/mol. The molecule has 0 spiro atoms. The predicted octanol–water partition coefficient (Wildman–Crippen LogP) is 3.47. The number of hydrogen-bond donors (Lipinski definition) is 2. The van der Waals surface area contributed by atoms with Crippen molar-refractivity contribution in [2.45, 2.75) is 31.9 Å². The molecule has 2 N–H and O–H groups in total. The SMILES string of the molecule is Cc1cc(-c2cnn(CC(O)CF)c2)cc(N(CC(O)CF)c2nccc(C(F)(F)F)n2)c1. The van der Waals surface area contributed by atoms with Crippen LogP contribution in [-0.2, 0) is 12.7 Å². The summed E-state index contributed by atoms with van der Waals surface area (Å²) in [7, 11) is 0. The molecule has 2 unspecified atom stereocenters. The number of rotatable bonds is 9. The molecule has 2 atom stereocenters. The van der Waals surface area contributed by atoms with Gasteiger partial charge in [0.05, 0.1) is 19.3 Å². The predicted molar refractivity (Wildman–Crippen MR) is 110 cm³/mol. The van der Waals surface area contributed by atoms with Gasteiger partial charge in [-0.3, -0.25) is 4.68 Å². The van der Waals surface area contributed by atoms with E-state index < -0.39 is 37.4 Å². The van der Waals surface area contributed by atoms with Crippen LogP contribution in [0.1, 0.15) is 11.3 Å². The maximum atomic E-state index is 13.2. The summed E-state index contributed by atoms with van der Waals surface area (Å²) >= 11 is 0. The molecule has 178 valence electrons. The van der Waals surface area contributed by atoms with Gasteiger partial charge in [0.2, 0.25) is 5.95 Å². The smallest absolute Gasteiger partial charge is 0.389 e. The van der Waals surface area contributed by atoms with Crippen LogP contribution in [0.5, 0.6) is 0 Å². The van der Waals surface area contributed by atoms with Gasteiger partial charge in [-0.2, -0.15) is 18.3 Å². The first kappa shape index (κ1) is 24.5. The van der Waals surface area contributed by atoms with Crippen LogP contribution in [0.15, 0.2) is 42.9 Å². The van der Waals surface area contributed by atoms with Gasteiger partial charge >= 0.3 is 6.18 Å². The molecule has 3 aromatic rings. The van der Waals surface area contributed by atoms with Crippen molar-refractivity contribution in [2.75, 3.05) is 24.8 Å². The molecule has 0 radical (unpaired) electrons. The molecule has 12 heteroatoms. The summed E-state index contributed by atoms with van der Waals surface area (Å²) in [6, 6.07) is 5.74. The number of benzene rings is 1. The number of aliphatic hydroxyl groups excluding tert-OH is 2. The van der Waals surface area contributed by atoms with Crippen LogP contribution >= 0.6 is 0 Å². The van der Waals surface area contributed by atoms with Gasteiger partial charge in [0.1, 0.15) is 31.3 Å². The Kier molecular flexibility index (Phi) is 7.59. The summed E-state index contributed by atoms with van der Waals surface area (Å²) in [5, 5.41) is 23.4. The minimum Gasteiger partial charge on any atom is -0.389 e. The van der Waals surface area contributed by atoms with Crippen LogP contribution in [0, 0.1) is 6.92 Å². The largest absolute Gasteiger partial charge is 0.433 e. The van der Waals surface area contributed by atoms with Crippen LogP contribution in [0.4, 0.5) is 33.6 Å². The molecule has 0 aliphatic heterocycles. The van der Waals surface area contributed by atoms with E-state index in [0.29, 0.717) is 22.4 Å². The maximum Gasteiger partial charge on any atom is 0.433 e. The Morgan fingerprint density at radius 1 is 1.06 bits per heavy atom. The molecule has 3 rings (SSSR count). The highest BCUT2D eigenvalue weighted by Gasteiger charge is 2.33. The van der Waals surface area contributed by atoms with E-state index >= 15 is 0 Å². The maximum absolute atomic E-state index is 13.2. The first-order valence-corrected chi connectivity index (χ1v) is 9.91. The third-order valence-corrected chi connectivity index (χ3v) is 4.66. The second-order valence-corrected chi connectivity index (χ2v) is 7.47. The summed E-state index contributed by atoms with van der Waals surface area (Å²) in [4.78, 5) is 8.66. The number of anilines is 2. The van der Waals surface area contributed by atoms with E-state index in [4.69, 9.17) is 0 Å². The summed E-state index contributed by atoms with van der Waals surface area (Å²) in [5.41, 5.74) is 1.08. The lowest BCUT2D eigenvalue weighted by atomic mass is 10.0. The lowest BCUT2D eigenvalue weighted by molar-refractivity contribution is -0.141. The molecule has 0 aliphatic rings. The van der Waals surface area contributed by atoms with Gasteiger partial charge in [-0.1, -0.05) is 6.07 Å². The average Bonchev–Trinajstić information content (AvgIpc) is 3.24. The molecule has 0 bridgehead atoms. The number of aromatic nitrogens is 4. The highest BCUT2D eigenvalue weighted by molar-refractivity contribution is 5.71. The lowest BCUT2D eigenvalue weighted by Gasteiger charge is -2.26. The number of aryl methyl sites for hydroxylation is 1. The zero-order valence-corrected chi connectivity index (χ0v) is 17.5. The molecule has 7 nitrogen and oxygen atoms in total.